The van der Waals surface area contributed by atoms with E-state index in [-0.39, 0.29) is 46.3 Å². The van der Waals surface area contributed by atoms with Gasteiger partial charge in [0.2, 0.25) is 5.60 Å². The van der Waals surface area contributed by atoms with Crippen molar-refractivity contribution in [2.75, 3.05) is 18.1 Å². The zero-order valence-electron chi connectivity index (χ0n) is 37.8. The highest BCUT2D eigenvalue weighted by atomic mass is 32.2. The molecule has 1 aromatic heterocycles. The van der Waals surface area contributed by atoms with E-state index in [4.69, 9.17) is 25.4 Å². The first-order chi connectivity index (χ1) is 34.7. The van der Waals surface area contributed by atoms with Gasteiger partial charge in [0.15, 0.2) is 10.8 Å². The Bertz CT molecular complexity index is 3150. The summed E-state index contributed by atoms with van der Waals surface area (Å²) in [6.07, 6.45) is 0. The lowest BCUT2D eigenvalue weighted by atomic mass is 9.80. The quantitative estimate of drug-likeness (QED) is 0.0371. The van der Waals surface area contributed by atoms with Crippen molar-refractivity contribution in [1.29, 1.82) is 0 Å². The third kappa shape index (κ3) is 9.18. The largest absolute Gasteiger partial charge is 0.489 e. The Morgan fingerprint density at radius 3 is 1.89 bits per heavy atom. The number of carboxylic acid groups (broad SMARTS) is 1. The average molecular weight is 978 g/mol. The predicted octanol–water partition coefficient (Wildman–Crippen LogP) is 10.2. The second-order valence-electron chi connectivity index (χ2n) is 16.7. The molecule has 1 saturated heterocycles. The van der Waals surface area contributed by atoms with E-state index in [0.717, 1.165) is 27.2 Å². The molecule has 8 aromatic rings. The van der Waals surface area contributed by atoms with Crippen LogP contribution in [0.25, 0.3) is 10.4 Å². The fourth-order valence-corrected chi connectivity index (χ4v) is 11.4. The molecular weight excluding hydrogens is 934 g/mol. The Balaban J connectivity index is 1.09. The van der Waals surface area contributed by atoms with Gasteiger partial charge in [0.05, 0.1) is 4.88 Å². The topological polar surface area (TPSA) is 156 Å². The Hall–Kier alpha value is -8.33. The van der Waals surface area contributed by atoms with Gasteiger partial charge in [0.1, 0.15) is 41.0 Å². The smallest absolute Gasteiger partial charge is 0.352 e. The molecule has 7 aromatic carbocycles. The Kier molecular flexibility index (Phi) is 13.3. The van der Waals surface area contributed by atoms with Crippen molar-refractivity contribution in [2.24, 2.45) is 5.16 Å². The number of carbonyl (C=O) groups excluding carboxylic acids is 2. The highest BCUT2D eigenvalue weighted by molar-refractivity contribution is 8.00. The number of thiazole rings is 1. The first-order valence-electron chi connectivity index (χ1n) is 22.7. The van der Waals surface area contributed by atoms with Gasteiger partial charge < -0.3 is 25.7 Å². The van der Waals surface area contributed by atoms with Crippen molar-refractivity contribution < 1.29 is 33.5 Å². The molecule has 1 unspecified atom stereocenters. The lowest BCUT2D eigenvalue weighted by molar-refractivity contribution is -0.150. The van der Waals surface area contributed by atoms with Crippen LogP contribution in [0, 0.1) is 5.82 Å². The molecule has 0 radical (unpaired) electrons. The fraction of sp³-hybridized carbons (Fsp3) is 0.105. The van der Waals surface area contributed by atoms with Crippen molar-refractivity contribution in [3.63, 3.8) is 0 Å². The monoisotopic (exact) mass is 977 g/mol. The van der Waals surface area contributed by atoms with E-state index in [9.17, 15) is 19.1 Å². The van der Waals surface area contributed by atoms with Crippen LogP contribution in [0.2, 0.25) is 0 Å². The molecule has 11 nitrogen and oxygen atoms in total. The van der Waals surface area contributed by atoms with Crippen LogP contribution in [0.5, 0.6) is 5.75 Å². The van der Waals surface area contributed by atoms with Crippen molar-refractivity contribution in [2.45, 2.75) is 22.9 Å². The lowest BCUT2D eigenvalue weighted by Crippen LogP contribution is -2.71. The van der Waals surface area contributed by atoms with Crippen LogP contribution >= 0.6 is 23.1 Å². The van der Waals surface area contributed by atoms with Crippen molar-refractivity contribution in [3.05, 3.63) is 256 Å². The van der Waals surface area contributed by atoms with Gasteiger partial charge in [0, 0.05) is 40.0 Å². The number of oxime groups is 1. The summed E-state index contributed by atoms with van der Waals surface area (Å²) >= 11 is 2.46. The Morgan fingerprint density at radius 1 is 0.775 bits per heavy atom. The van der Waals surface area contributed by atoms with Gasteiger partial charge >= 0.3 is 5.97 Å². The van der Waals surface area contributed by atoms with Gasteiger partial charge in [-0.1, -0.05) is 198 Å². The number of ether oxygens (including phenoxy) is 1. The molecule has 352 valence electrons. The molecule has 0 bridgehead atoms. The van der Waals surface area contributed by atoms with E-state index in [0.29, 0.717) is 27.1 Å². The van der Waals surface area contributed by atoms with E-state index < -0.39 is 40.6 Å². The van der Waals surface area contributed by atoms with Crippen LogP contribution in [0.15, 0.2) is 217 Å². The van der Waals surface area contributed by atoms with Crippen LogP contribution in [-0.2, 0) is 24.8 Å². The maximum Gasteiger partial charge on any atom is 0.352 e. The maximum absolute atomic E-state index is 15.4. The van der Waals surface area contributed by atoms with Crippen LogP contribution in [-0.4, -0.2) is 62.3 Å². The minimum Gasteiger partial charge on any atom is -0.489 e. The maximum atomic E-state index is 15.4. The van der Waals surface area contributed by atoms with Gasteiger partial charge in [-0.2, -0.15) is 0 Å². The summed E-state index contributed by atoms with van der Waals surface area (Å²) in [5.41, 5.74) is 11.0. The first-order valence-corrected chi connectivity index (χ1v) is 24.6. The number of fused-ring (bicyclic) bond motifs is 1. The summed E-state index contributed by atoms with van der Waals surface area (Å²) in [7, 11) is 0. The molecule has 14 heteroatoms. The standard InChI is InChI=1S/C57H44FN5O6S2/c58-42-29-18-30-43(33-42)68-34-38-35-70-54-49(53(65)63(54)50(38)55(66)67)60-52(64)48(62-69-57(39-23-10-3-11-24-39,40-25-12-4-13-26-40)41-27-14-5-15-28-41)47-51(71-56(59)61-47)45-32-17-16-31-44(45)46(36-19-6-1-7-20-36)37-21-8-2-9-22-37/h1-33,46,49,54H,34-35H2,(H2,59,61)(H,60,64)(H,66,67)/t49?,54-/m0/s1. The number of nitrogens with zero attached hydrogens (tertiary/aromatic N) is 3. The molecule has 2 aliphatic rings. The second kappa shape index (κ2) is 20.3. The lowest BCUT2D eigenvalue weighted by Gasteiger charge is -2.49. The van der Waals surface area contributed by atoms with Gasteiger partial charge in [0.25, 0.3) is 11.8 Å². The van der Waals surface area contributed by atoms with Crippen molar-refractivity contribution >= 4 is 51.7 Å². The zero-order valence-corrected chi connectivity index (χ0v) is 39.4. The Labute approximate surface area is 417 Å². The van der Waals surface area contributed by atoms with E-state index in [2.05, 4.69) is 29.6 Å². The number of amides is 2. The molecule has 0 aliphatic carbocycles. The third-order valence-corrected chi connectivity index (χ3v) is 14.7. The summed E-state index contributed by atoms with van der Waals surface area (Å²) in [5.74, 6) is -3.20. The van der Waals surface area contributed by atoms with E-state index in [1.54, 1.807) is 6.07 Å². The summed E-state index contributed by atoms with van der Waals surface area (Å²) < 4.78 is 19.7. The number of halogens is 1. The van der Waals surface area contributed by atoms with Crippen molar-refractivity contribution in [3.8, 4) is 16.2 Å². The van der Waals surface area contributed by atoms with E-state index >= 15 is 4.79 Å². The zero-order chi connectivity index (χ0) is 48.9. The molecule has 3 heterocycles. The number of nitrogen functional groups attached to an aromatic ring is 1. The number of nitrogens with one attached hydrogen (secondary N) is 1. The van der Waals surface area contributed by atoms with Crippen LogP contribution in [0.3, 0.4) is 0 Å². The molecule has 0 spiro atoms. The van der Waals surface area contributed by atoms with E-state index in [1.165, 1.54) is 41.3 Å². The number of aliphatic carboxylic acids is 1. The molecule has 71 heavy (non-hydrogen) atoms. The minimum atomic E-state index is -1.42. The molecule has 1 fully saturated rings. The van der Waals surface area contributed by atoms with Crippen LogP contribution < -0.4 is 15.8 Å². The first kappa shape index (κ1) is 46.4. The molecule has 4 N–H and O–H groups in total. The molecule has 2 amide bonds. The second-order valence-corrected chi connectivity index (χ2v) is 18.9. The number of anilines is 1. The van der Waals surface area contributed by atoms with Gasteiger partial charge in [-0.3, -0.25) is 14.5 Å². The number of benzene rings is 7. The highest BCUT2D eigenvalue weighted by Crippen LogP contribution is 2.45. The SMILES string of the molecule is Nc1nc(C(=NOC(c2ccccc2)(c2ccccc2)c2ccccc2)C(=O)NC2C(=O)N3C(C(=O)O)=C(COc4cccc(F)c4)CS[C@@H]23)c(-c2ccccc2C(c2ccccc2)c2ccccc2)s1. The number of hydrogen-bond donors (Lipinski definition) is 3. The minimum absolute atomic E-state index is 0.114. The van der Waals surface area contributed by atoms with Gasteiger partial charge in [-0.25, -0.2) is 14.2 Å². The predicted molar refractivity (Wildman–Crippen MR) is 274 cm³/mol. The number of aromatic nitrogens is 1. The average Bonchev–Trinajstić information content (AvgIpc) is 3.80. The molecule has 2 aliphatic heterocycles. The number of rotatable bonds is 16. The van der Waals surface area contributed by atoms with Crippen LogP contribution in [0.1, 0.15) is 45.0 Å². The Morgan fingerprint density at radius 2 is 1.32 bits per heavy atom. The number of carboxylic acids is 1. The molecule has 0 saturated carbocycles. The molecular formula is C57H44FN5O6S2. The third-order valence-electron chi connectivity index (χ3n) is 12.4. The van der Waals surface area contributed by atoms with Gasteiger partial charge in [-0.05, 0) is 34.4 Å². The molecule has 10 rings (SSSR count). The summed E-state index contributed by atoms with van der Waals surface area (Å²) in [4.78, 5) is 55.9. The summed E-state index contributed by atoms with van der Waals surface area (Å²) in [5, 5.41) is 17.6. The number of hydrogen-bond acceptors (Lipinski definition) is 10. The number of nitrogens with two attached hydrogens (primary N) is 1. The molecule has 2 atom stereocenters. The summed E-state index contributed by atoms with van der Waals surface area (Å²) in [6, 6.07) is 61.2. The fourth-order valence-electron chi connectivity index (χ4n) is 9.19. The number of thioether (sulfide) groups is 1. The summed E-state index contributed by atoms with van der Waals surface area (Å²) in [6.45, 7) is -0.198. The van der Waals surface area contributed by atoms with Gasteiger partial charge in [-0.15, -0.1) is 11.8 Å². The van der Waals surface area contributed by atoms with E-state index in [1.807, 2.05) is 152 Å². The van der Waals surface area contributed by atoms with Crippen molar-refractivity contribution in [1.82, 2.24) is 15.2 Å². The number of β-lactam (4-membered cyclic amide) rings is 1. The highest BCUT2D eigenvalue weighted by Gasteiger charge is 2.55. The van der Waals surface area contributed by atoms with Crippen LogP contribution in [0.4, 0.5) is 9.52 Å². The normalized spacial score (nSPS) is 15.7. The number of carbonyl (C=O) groups is 3.